The number of aromatic nitrogens is 4. The molecular weight excluding hydrogens is 420 g/mol. The van der Waals surface area contributed by atoms with Crippen molar-refractivity contribution in [3.8, 4) is 16.9 Å². The van der Waals surface area contributed by atoms with Crippen LogP contribution in [0.2, 0.25) is 0 Å². The van der Waals surface area contributed by atoms with Crippen molar-refractivity contribution >= 4 is 11.9 Å². The zero-order valence-electron chi connectivity index (χ0n) is 19.4. The van der Waals surface area contributed by atoms with Crippen LogP contribution in [-0.4, -0.2) is 58.3 Å². The van der Waals surface area contributed by atoms with Crippen LogP contribution >= 0.6 is 0 Å². The van der Waals surface area contributed by atoms with E-state index in [1.807, 2.05) is 48.2 Å². The van der Waals surface area contributed by atoms with Crippen molar-refractivity contribution in [2.24, 2.45) is 0 Å². The minimum atomic E-state index is -0.293. The number of aryl methyl sites for hydroxylation is 1. The number of methoxy groups -OCH3 is 1. The summed E-state index contributed by atoms with van der Waals surface area (Å²) in [6.07, 6.45) is 3.44. The Labute approximate surface area is 192 Å². The van der Waals surface area contributed by atoms with Crippen LogP contribution in [0.15, 0.2) is 47.4 Å². The number of hydrogen-bond donors (Lipinski definition) is 0. The number of benzene rings is 1. The van der Waals surface area contributed by atoms with E-state index in [0.717, 1.165) is 35.4 Å². The molecule has 0 bridgehead atoms. The summed E-state index contributed by atoms with van der Waals surface area (Å²) in [7, 11) is 5.40. The van der Waals surface area contributed by atoms with Gasteiger partial charge < -0.3 is 14.5 Å². The number of amides is 1. The van der Waals surface area contributed by atoms with Gasteiger partial charge in [-0.05, 0) is 43.5 Å². The second-order valence-electron chi connectivity index (χ2n) is 8.31. The van der Waals surface area contributed by atoms with Crippen LogP contribution < -0.4 is 15.2 Å². The van der Waals surface area contributed by atoms with E-state index in [1.54, 1.807) is 26.3 Å². The van der Waals surface area contributed by atoms with E-state index in [0.29, 0.717) is 18.2 Å². The maximum atomic E-state index is 13.3. The van der Waals surface area contributed by atoms with Gasteiger partial charge in [-0.25, -0.2) is 14.6 Å². The van der Waals surface area contributed by atoms with Gasteiger partial charge in [0.2, 0.25) is 11.9 Å². The molecule has 0 aliphatic carbocycles. The summed E-state index contributed by atoms with van der Waals surface area (Å²) in [6, 6.07) is 10.6. The zero-order chi connectivity index (χ0) is 23.5. The third-order valence-corrected chi connectivity index (χ3v) is 5.76. The molecule has 3 aromatic rings. The second-order valence-corrected chi connectivity index (χ2v) is 8.31. The first-order valence-corrected chi connectivity index (χ1v) is 10.9. The monoisotopic (exact) mass is 448 g/mol. The van der Waals surface area contributed by atoms with E-state index in [2.05, 4.69) is 10.1 Å². The fourth-order valence-corrected chi connectivity index (χ4v) is 4.10. The van der Waals surface area contributed by atoms with Crippen molar-refractivity contribution in [2.45, 2.75) is 32.4 Å². The number of rotatable bonds is 6. The summed E-state index contributed by atoms with van der Waals surface area (Å²) >= 11 is 0. The lowest BCUT2D eigenvalue weighted by Crippen LogP contribution is -2.37. The van der Waals surface area contributed by atoms with Crippen LogP contribution in [0.3, 0.4) is 0 Å². The molecule has 0 radical (unpaired) electrons. The second kappa shape index (κ2) is 9.40. The van der Waals surface area contributed by atoms with E-state index < -0.39 is 0 Å². The summed E-state index contributed by atoms with van der Waals surface area (Å²) in [5.41, 5.74) is 2.96. The van der Waals surface area contributed by atoms with E-state index in [-0.39, 0.29) is 24.1 Å². The Hall–Kier alpha value is -3.75. The van der Waals surface area contributed by atoms with Gasteiger partial charge in [-0.3, -0.25) is 9.59 Å². The molecule has 0 unspecified atom stereocenters. The molecule has 9 nitrogen and oxygen atoms in total. The molecule has 1 atom stereocenters. The predicted octanol–water partition coefficient (Wildman–Crippen LogP) is 2.45. The lowest BCUT2D eigenvalue weighted by Gasteiger charge is -2.27. The topological polar surface area (TPSA) is 93.4 Å². The Kier molecular flexibility index (Phi) is 6.39. The van der Waals surface area contributed by atoms with Crippen molar-refractivity contribution in [1.29, 1.82) is 0 Å². The molecule has 1 aliphatic rings. The summed E-state index contributed by atoms with van der Waals surface area (Å²) in [5, 5.41) is 4.21. The zero-order valence-corrected chi connectivity index (χ0v) is 19.4. The van der Waals surface area contributed by atoms with E-state index >= 15 is 0 Å². The van der Waals surface area contributed by atoms with Crippen LogP contribution in [0.4, 0.5) is 5.95 Å². The fourth-order valence-electron chi connectivity index (χ4n) is 4.10. The number of carbonyl (C=O) groups excluding carboxylic acids is 1. The number of nitrogens with zero attached hydrogens (tertiary/aromatic N) is 6. The Morgan fingerprint density at radius 2 is 2.06 bits per heavy atom. The van der Waals surface area contributed by atoms with E-state index in [1.165, 1.54) is 10.7 Å². The minimum absolute atomic E-state index is 0.100. The number of carbonyl (C=O) groups is 1. The van der Waals surface area contributed by atoms with Crippen molar-refractivity contribution in [3.05, 3.63) is 64.3 Å². The molecule has 1 saturated heterocycles. The number of hydrogen-bond acceptors (Lipinski definition) is 7. The van der Waals surface area contributed by atoms with Crippen LogP contribution in [0.5, 0.6) is 5.75 Å². The smallest absolute Gasteiger partial charge is 0.267 e. The first-order valence-electron chi connectivity index (χ1n) is 10.9. The van der Waals surface area contributed by atoms with Gasteiger partial charge in [-0.15, -0.1) is 0 Å². The molecule has 1 aliphatic heterocycles. The molecule has 1 amide bonds. The Bertz CT molecular complexity index is 1220. The lowest BCUT2D eigenvalue weighted by atomic mass is 9.99. The maximum absolute atomic E-state index is 13.3. The quantitative estimate of drug-likeness (QED) is 0.572. The molecule has 172 valence electrons. The SMILES string of the molecule is COc1cccc(-c2cnc(N(C)C)nc2[C@@H]2CCCN2C(=O)Cn2nc(C)ccc2=O)c1. The first-order chi connectivity index (χ1) is 15.9. The van der Waals surface area contributed by atoms with Crippen molar-refractivity contribution in [1.82, 2.24) is 24.6 Å². The highest BCUT2D eigenvalue weighted by Crippen LogP contribution is 2.38. The highest BCUT2D eigenvalue weighted by atomic mass is 16.5. The van der Waals surface area contributed by atoms with Crippen LogP contribution in [0.25, 0.3) is 11.1 Å². The van der Waals surface area contributed by atoms with Crippen molar-refractivity contribution in [2.75, 3.05) is 32.6 Å². The van der Waals surface area contributed by atoms with Gasteiger partial charge in [0.1, 0.15) is 12.3 Å². The lowest BCUT2D eigenvalue weighted by molar-refractivity contribution is -0.133. The van der Waals surface area contributed by atoms with Gasteiger partial charge in [0.25, 0.3) is 5.56 Å². The van der Waals surface area contributed by atoms with Gasteiger partial charge in [-0.2, -0.15) is 5.10 Å². The highest BCUT2D eigenvalue weighted by Gasteiger charge is 2.33. The van der Waals surface area contributed by atoms with Crippen LogP contribution in [0, 0.1) is 6.92 Å². The normalized spacial score (nSPS) is 15.5. The molecule has 0 saturated carbocycles. The number of anilines is 1. The molecule has 33 heavy (non-hydrogen) atoms. The first kappa shape index (κ1) is 22.4. The van der Waals surface area contributed by atoms with E-state index in [4.69, 9.17) is 9.72 Å². The van der Waals surface area contributed by atoms with E-state index in [9.17, 15) is 9.59 Å². The van der Waals surface area contributed by atoms with Crippen LogP contribution in [0.1, 0.15) is 30.3 Å². The fraction of sp³-hybridized carbons (Fsp3) is 0.375. The molecule has 1 aromatic carbocycles. The van der Waals surface area contributed by atoms with Gasteiger partial charge in [0, 0.05) is 38.5 Å². The van der Waals surface area contributed by atoms with Crippen LogP contribution in [-0.2, 0) is 11.3 Å². The average molecular weight is 449 g/mol. The molecule has 0 spiro atoms. The molecule has 0 N–H and O–H groups in total. The maximum Gasteiger partial charge on any atom is 0.267 e. The van der Waals surface area contributed by atoms with Gasteiger partial charge in [0.05, 0.1) is 24.5 Å². The van der Waals surface area contributed by atoms with Gasteiger partial charge >= 0.3 is 0 Å². The van der Waals surface area contributed by atoms with Crippen molar-refractivity contribution < 1.29 is 9.53 Å². The number of ether oxygens (including phenoxy) is 1. The standard InChI is InChI=1S/C24H28N6O3/c1-16-10-11-21(31)30(27-16)15-22(32)29-12-6-9-20(29)23-19(14-25-24(26-23)28(2)3)17-7-5-8-18(13-17)33-4/h5,7-8,10-11,13-14,20H,6,9,12,15H2,1-4H3/t20-/m0/s1. The summed E-state index contributed by atoms with van der Waals surface area (Å²) in [4.78, 5) is 38.5. The largest absolute Gasteiger partial charge is 0.497 e. The molecular formula is C24H28N6O3. The molecule has 2 aromatic heterocycles. The van der Waals surface area contributed by atoms with Crippen molar-refractivity contribution in [3.63, 3.8) is 0 Å². The Balaban J connectivity index is 1.72. The highest BCUT2D eigenvalue weighted by molar-refractivity contribution is 5.77. The summed E-state index contributed by atoms with van der Waals surface area (Å²) < 4.78 is 6.62. The Morgan fingerprint density at radius 1 is 1.24 bits per heavy atom. The number of likely N-dealkylation sites (tertiary alicyclic amines) is 1. The van der Waals surface area contributed by atoms with Gasteiger partial charge in [0.15, 0.2) is 0 Å². The average Bonchev–Trinajstić information content (AvgIpc) is 3.31. The minimum Gasteiger partial charge on any atom is -0.497 e. The summed E-state index contributed by atoms with van der Waals surface area (Å²) in [5.74, 6) is 1.16. The molecule has 1 fully saturated rings. The third-order valence-electron chi connectivity index (χ3n) is 5.76. The molecule has 9 heteroatoms. The predicted molar refractivity (Wildman–Crippen MR) is 125 cm³/mol. The molecule has 4 rings (SSSR count). The third kappa shape index (κ3) is 4.72. The summed E-state index contributed by atoms with van der Waals surface area (Å²) in [6.45, 7) is 2.29. The molecule has 3 heterocycles. The van der Waals surface area contributed by atoms with Gasteiger partial charge in [-0.1, -0.05) is 12.1 Å². The Morgan fingerprint density at radius 3 is 2.82 bits per heavy atom.